The summed E-state index contributed by atoms with van der Waals surface area (Å²) in [5, 5.41) is 9.52. The monoisotopic (exact) mass is 225 g/mol. The highest BCUT2D eigenvalue weighted by Crippen LogP contribution is 2.43. The molecule has 0 aromatic carbocycles. The number of nitrogens with zero attached hydrogens (tertiary/aromatic N) is 1. The van der Waals surface area contributed by atoms with Crippen molar-refractivity contribution in [1.29, 1.82) is 0 Å². The van der Waals surface area contributed by atoms with Crippen LogP contribution in [0.5, 0.6) is 0 Å². The molecule has 0 radical (unpaired) electrons. The molecule has 3 heteroatoms. The fraction of sp³-hybridized carbons (Fsp3) is 0.923. The highest BCUT2D eigenvalue weighted by molar-refractivity contribution is 5.79. The van der Waals surface area contributed by atoms with Crippen LogP contribution in [0.15, 0.2) is 0 Å². The van der Waals surface area contributed by atoms with Gasteiger partial charge in [0.1, 0.15) is 5.54 Å². The van der Waals surface area contributed by atoms with Crippen molar-refractivity contribution >= 4 is 5.97 Å². The molecule has 0 amide bonds. The van der Waals surface area contributed by atoms with E-state index < -0.39 is 11.5 Å². The van der Waals surface area contributed by atoms with Gasteiger partial charge in [0.05, 0.1) is 0 Å². The number of likely N-dealkylation sites (tertiary alicyclic amines) is 1. The van der Waals surface area contributed by atoms with Crippen LogP contribution < -0.4 is 0 Å². The van der Waals surface area contributed by atoms with Crippen molar-refractivity contribution in [1.82, 2.24) is 4.90 Å². The second kappa shape index (κ2) is 4.74. The third kappa shape index (κ3) is 2.24. The van der Waals surface area contributed by atoms with E-state index in [9.17, 15) is 9.90 Å². The topological polar surface area (TPSA) is 40.5 Å². The van der Waals surface area contributed by atoms with Gasteiger partial charge in [0.15, 0.2) is 0 Å². The van der Waals surface area contributed by atoms with Crippen LogP contribution in [0.3, 0.4) is 0 Å². The maximum atomic E-state index is 11.6. The number of carboxylic acids is 1. The SMILES string of the molecule is CC(C(=O)O)(C1CC1)N1CCCCCCC1. The van der Waals surface area contributed by atoms with E-state index in [-0.39, 0.29) is 0 Å². The Labute approximate surface area is 97.8 Å². The molecule has 2 aliphatic rings. The molecule has 2 fully saturated rings. The number of carbonyl (C=O) groups is 1. The van der Waals surface area contributed by atoms with Crippen molar-refractivity contribution in [3.8, 4) is 0 Å². The molecule has 1 N–H and O–H groups in total. The first-order valence-electron chi connectivity index (χ1n) is 6.64. The second-order valence-electron chi connectivity index (χ2n) is 5.48. The maximum Gasteiger partial charge on any atom is 0.324 e. The zero-order valence-corrected chi connectivity index (χ0v) is 10.2. The van der Waals surface area contributed by atoms with Gasteiger partial charge in [0.2, 0.25) is 0 Å². The van der Waals surface area contributed by atoms with Gasteiger partial charge in [-0.3, -0.25) is 9.69 Å². The Morgan fingerprint density at radius 2 is 1.62 bits per heavy atom. The minimum Gasteiger partial charge on any atom is -0.480 e. The Kier molecular flexibility index (Phi) is 3.53. The molecule has 0 bridgehead atoms. The predicted octanol–water partition coefficient (Wildman–Crippen LogP) is 2.51. The van der Waals surface area contributed by atoms with Crippen molar-refractivity contribution in [2.45, 2.75) is 57.4 Å². The molecule has 1 unspecified atom stereocenters. The van der Waals surface area contributed by atoms with Crippen LogP contribution >= 0.6 is 0 Å². The fourth-order valence-electron chi connectivity index (χ4n) is 2.93. The van der Waals surface area contributed by atoms with Gasteiger partial charge in [0.25, 0.3) is 0 Å². The van der Waals surface area contributed by atoms with E-state index in [2.05, 4.69) is 4.90 Å². The molecule has 0 aromatic heterocycles. The fourth-order valence-corrected chi connectivity index (χ4v) is 2.93. The molecule has 1 saturated carbocycles. The van der Waals surface area contributed by atoms with Crippen LogP contribution in [0.4, 0.5) is 0 Å². The average molecular weight is 225 g/mol. The van der Waals surface area contributed by atoms with Gasteiger partial charge in [-0.1, -0.05) is 19.3 Å². The van der Waals surface area contributed by atoms with E-state index in [4.69, 9.17) is 0 Å². The summed E-state index contributed by atoms with van der Waals surface area (Å²) in [4.78, 5) is 13.8. The smallest absolute Gasteiger partial charge is 0.324 e. The lowest BCUT2D eigenvalue weighted by molar-refractivity contribution is -0.152. The summed E-state index contributed by atoms with van der Waals surface area (Å²) in [5.41, 5.74) is -0.586. The maximum absolute atomic E-state index is 11.6. The summed E-state index contributed by atoms with van der Waals surface area (Å²) in [6.45, 7) is 3.88. The number of carboxylic acid groups (broad SMARTS) is 1. The summed E-state index contributed by atoms with van der Waals surface area (Å²) in [7, 11) is 0. The highest BCUT2D eigenvalue weighted by atomic mass is 16.4. The average Bonchev–Trinajstić information content (AvgIpc) is 2.98. The Balaban J connectivity index is 2.07. The minimum atomic E-state index is -0.615. The van der Waals surface area contributed by atoms with Crippen LogP contribution in [-0.2, 0) is 4.79 Å². The van der Waals surface area contributed by atoms with E-state index in [1.54, 1.807) is 0 Å². The first kappa shape index (κ1) is 11.9. The molecule has 1 saturated heterocycles. The molecule has 1 heterocycles. The van der Waals surface area contributed by atoms with Crippen LogP contribution in [-0.4, -0.2) is 34.6 Å². The lowest BCUT2D eigenvalue weighted by Crippen LogP contribution is -2.55. The van der Waals surface area contributed by atoms with Gasteiger partial charge in [0, 0.05) is 0 Å². The number of aliphatic carboxylic acids is 1. The molecule has 1 aliphatic carbocycles. The van der Waals surface area contributed by atoms with E-state index in [1.165, 1.54) is 19.3 Å². The number of hydrogen-bond acceptors (Lipinski definition) is 2. The third-order valence-corrected chi connectivity index (χ3v) is 4.32. The summed E-state index contributed by atoms with van der Waals surface area (Å²) in [6, 6.07) is 0. The lowest BCUT2D eigenvalue weighted by Gasteiger charge is -2.39. The second-order valence-corrected chi connectivity index (χ2v) is 5.48. The Hall–Kier alpha value is -0.570. The Morgan fingerprint density at radius 3 is 2.06 bits per heavy atom. The molecular weight excluding hydrogens is 202 g/mol. The first-order chi connectivity index (χ1) is 7.65. The minimum absolute atomic E-state index is 0.393. The van der Waals surface area contributed by atoms with Crippen molar-refractivity contribution in [2.75, 3.05) is 13.1 Å². The summed E-state index contributed by atoms with van der Waals surface area (Å²) in [5.74, 6) is -0.222. The van der Waals surface area contributed by atoms with Gasteiger partial charge >= 0.3 is 5.97 Å². The Bertz CT molecular complexity index is 255. The molecule has 1 aliphatic heterocycles. The van der Waals surface area contributed by atoms with Crippen molar-refractivity contribution in [3.05, 3.63) is 0 Å². The zero-order chi connectivity index (χ0) is 11.6. The first-order valence-corrected chi connectivity index (χ1v) is 6.64. The van der Waals surface area contributed by atoms with E-state index in [1.807, 2.05) is 6.92 Å². The van der Waals surface area contributed by atoms with Crippen LogP contribution in [0.25, 0.3) is 0 Å². The molecule has 92 valence electrons. The number of hydrogen-bond donors (Lipinski definition) is 1. The normalized spacial score (nSPS) is 27.8. The van der Waals surface area contributed by atoms with Crippen LogP contribution in [0.1, 0.15) is 51.9 Å². The van der Waals surface area contributed by atoms with Gasteiger partial charge in [-0.15, -0.1) is 0 Å². The molecule has 3 nitrogen and oxygen atoms in total. The largest absolute Gasteiger partial charge is 0.480 e. The zero-order valence-electron chi connectivity index (χ0n) is 10.2. The summed E-state index contributed by atoms with van der Waals surface area (Å²) in [6.07, 6.45) is 8.36. The molecular formula is C13H23NO2. The van der Waals surface area contributed by atoms with Crippen LogP contribution in [0, 0.1) is 5.92 Å². The van der Waals surface area contributed by atoms with Crippen molar-refractivity contribution < 1.29 is 9.90 Å². The molecule has 0 aromatic rings. The summed E-state index contributed by atoms with van der Waals surface area (Å²) >= 11 is 0. The highest BCUT2D eigenvalue weighted by Gasteiger charge is 2.51. The van der Waals surface area contributed by atoms with Crippen LogP contribution in [0.2, 0.25) is 0 Å². The molecule has 1 atom stereocenters. The quantitative estimate of drug-likeness (QED) is 0.802. The van der Waals surface area contributed by atoms with Crippen molar-refractivity contribution in [2.24, 2.45) is 5.92 Å². The van der Waals surface area contributed by atoms with Gasteiger partial charge in [-0.05, 0) is 51.6 Å². The molecule has 16 heavy (non-hydrogen) atoms. The van der Waals surface area contributed by atoms with Gasteiger partial charge in [-0.2, -0.15) is 0 Å². The van der Waals surface area contributed by atoms with E-state index >= 15 is 0 Å². The molecule has 0 spiro atoms. The van der Waals surface area contributed by atoms with Gasteiger partial charge < -0.3 is 5.11 Å². The van der Waals surface area contributed by atoms with E-state index in [0.717, 1.165) is 38.8 Å². The van der Waals surface area contributed by atoms with E-state index in [0.29, 0.717) is 5.92 Å². The van der Waals surface area contributed by atoms with Crippen molar-refractivity contribution in [3.63, 3.8) is 0 Å². The Morgan fingerprint density at radius 1 is 1.12 bits per heavy atom. The summed E-state index contributed by atoms with van der Waals surface area (Å²) < 4.78 is 0. The predicted molar refractivity (Wildman–Crippen MR) is 63.4 cm³/mol. The number of rotatable bonds is 3. The lowest BCUT2D eigenvalue weighted by atomic mass is 9.91. The van der Waals surface area contributed by atoms with Gasteiger partial charge in [-0.25, -0.2) is 0 Å². The third-order valence-electron chi connectivity index (χ3n) is 4.32. The standard InChI is InChI=1S/C13H23NO2/c1-13(12(15)16,11-7-8-11)14-9-5-3-2-4-6-10-14/h11H,2-10H2,1H3,(H,15,16). The molecule has 2 rings (SSSR count).